The van der Waals surface area contributed by atoms with Crippen molar-refractivity contribution < 1.29 is 13.2 Å². The molecule has 1 aliphatic heterocycles. The van der Waals surface area contributed by atoms with E-state index in [0.29, 0.717) is 23.0 Å². The number of hydrogen-bond acceptors (Lipinski definition) is 5. The van der Waals surface area contributed by atoms with Crippen LogP contribution in [0.2, 0.25) is 0 Å². The summed E-state index contributed by atoms with van der Waals surface area (Å²) < 4.78 is 40.5. The van der Waals surface area contributed by atoms with Gasteiger partial charge in [0.15, 0.2) is 5.82 Å². The van der Waals surface area contributed by atoms with E-state index in [0.717, 1.165) is 0 Å². The van der Waals surface area contributed by atoms with Crippen molar-refractivity contribution in [2.75, 3.05) is 11.9 Å². The second-order valence-corrected chi connectivity index (χ2v) is 5.79. The number of nitriles is 1. The van der Waals surface area contributed by atoms with E-state index in [2.05, 4.69) is 15.2 Å². The maximum atomic E-state index is 13.0. The van der Waals surface area contributed by atoms with E-state index in [-0.39, 0.29) is 25.9 Å². The van der Waals surface area contributed by atoms with Gasteiger partial charge in [0.2, 0.25) is 0 Å². The lowest BCUT2D eigenvalue weighted by atomic mass is 9.99. The van der Waals surface area contributed by atoms with E-state index < -0.39 is 12.1 Å². The van der Waals surface area contributed by atoms with Crippen LogP contribution in [0.3, 0.4) is 0 Å². The highest BCUT2D eigenvalue weighted by molar-refractivity contribution is 5.41. The van der Waals surface area contributed by atoms with Crippen molar-refractivity contribution in [1.29, 1.82) is 5.26 Å². The molecule has 0 spiro atoms. The summed E-state index contributed by atoms with van der Waals surface area (Å²) in [5.41, 5.74) is 0.444. The lowest BCUT2D eigenvalue weighted by Gasteiger charge is -2.27. The van der Waals surface area contributed by atoms with Crippen LogP contribution in [-0.2, 0) is 19.5 Å². The molecule has 1 aliphatic rings. The van der Waals surface area contributed by atoms with Crippen LogP contribution < -0.4 is 4.90 Å². The Labute approximate surface area is 136 Å². The zero-order valence-electron chi connectivity index (χ0n) is 13.0. The third-order valence-electron chi connectivity index (χ3n) is 4.13. The smallest absolute Gasteiger partial charge is 0.352 e. The number of rotatable bonds is 3. The van der Waals surface area contributed by atoms with E-state index >= 15 is 0 Å². The molecule has 126 valence electrons. The molecule has 0 aromatic carbocycles. The van der Waals surface area contributed by atoms with Crippen molar-refractivity contribution in [2.24, 2.45) is 5.92 Å². The molecule has 3 rings (SSSR count). The molecule has 24 heavy (non-hydrogen) atoms. The normalized spacial score (nSPS) is 17.2. The molecular weight excluding hydrogens is 321 g/mol. The molecule has 3 heterocycles. The van der Waals surface area contributed by atoms with Crippen LogP contribution in [0.25, 0.3) is 0 Å². The van der Waals surface area contributed by atoms with Crippen molar-refractivity contribution in [1.82, 2.24) is 19.7 Å². The van der Waals surface area contributed by atoms with Crippen LogP contribution in [0.1, 0.15) is 23.6 Å². The summed E-state index contributed by atoms with van der Waals surface area (Å²) in [7, 11) is 1.76. The van der Waals surface area contributed by atoms with Crippen LogP contribution in [0.5, 0.6) is 0 Å². The van der Waals surface area contributed by atoms with E-state index in [4.69, 9.17) is 5.26 Å². The average Bonchev–Trinajstić information content (AvgIpc) is 2.96. The summed E-state index contributed by atoms with van der Waals surface area (Å²) in [5, 5.41) is 16.8. The first-order valence-electron chi connectivity index (χ1n) is 7.43. The average molecular weight is 336 g/mol. The summed E-state index contributed by atoms with van der Waals surface area (Å²) >= 11 is 0. The van der Waals surface area contributed by atoms with Crippen LogP contribution in [-0.4, -0.2) is 33.0 Å². The molecule has 1 unspecified atom stereocenters. The highest BCUT2D eigenvalue weighted by Gasteiger charge is 2.42. The molecule has 0 fully saturated rings. The fourth-order valence-electron chi connectivity index (χ4n) is 2.74. The standard InChI is InChI=1S/C15H15F3N6/c1-23(12-4-2-10(6-19)7-20-12)9-14-22-21-13-5-3-11(8-24(13)14)15(16,17)18/h2,4,7,11H,3,5,8-9H2,1H3. The van der Waals surface area contributed by atoms with Crippen LogP contribution in [0, 0.1) is 17.2 Å². The monoisotopic (exact) mass is 336 g/mol. The maximum absolute atomic E-state index is 13.0. The number of anilines is 1. The maximum Gasteiger partial charge on any atom is 0.393 e. The number of fused-ring (bicyclic) bond motifs is 1. The Bertz CT molecular complexity index is 759. The fraction of sp³-hybridized carbons (Fsp3) is 0.467. The van der Waals surface area contributed by atoms with Crippen molar-refractivity contribution in [3.8, 4) is 6.07 Å². The van der Waals surface area contributed by atoms with Gasteiger partial charge in [0.25, 0.3) is 0 Å². The lowest BCUT2D eigenvalue weighted by molar-refractivity contribution is -0.182. The quantitative estimate of drug-likeness (QED) is 0.860. The van der Waals surface area contributed by atoms with Crippen molar-refractivity contribution in [2.45, 2.75) is 32.1 Å². The molecule has 0 amide bonds. The summed E-state index contributed by atoms with van der Waals surface area (Å²) in [5.74, 6) is 0.312. The third kappa shape index (κ3) is 3.18. The van der Waals surface area contributed by atoms with Gasteiger partial charge in [-0.3, -0.25) is 0 Å². The highest BCUT2D eigenvalue weighted by atomic mass is 19.4. The minimum atomic E-state index is -4.21. The first-order chi connectivity index (χ1) is 11.4. The van der Waals surface area contributed by atoms with Gasteiger partial charge in [0.05, 0.1) is 18.0 Å². The zero-order valence-corrected chi connectivity index (χ0v) is 13.0. The molecule has 0 N–H and O–H groups in total. The Balaban J connectivity index is 1.77. The number of aromatic nitrogens is 4. The van der Waals surface area contributed by atoms with E-state index in [1.54, 1.807) is 28.6 Å². The van der Waals surface area contributed by atoms with E-state index in [9.17, 15) is 13.2 Å². The predicted octanol–water partition coefficient (Wildman–Crippen LogP) is 2.31. The summed E-state index contributed by atoms with van der Waals surface area (Å²) in [6.07, 6.45) is -2.44. The number of aryl methyl sites for hydroxylation is 1. The molecule has 0 aliphatic carbocycles. The molecule has 6 nitrogen and oxygen atoms in total. The lowest BCUT2D eigenvalue weighted by Crippen LogP contribution is -2.33. The number of alkyl halides is 3. The number of hydrogen-bond donors (Lipinski definition) is 0. The summed E-state index contributed by atoms with van der Waals surface area (Å²) in [6.45, 7) is 0.145. The third-order valence-corrected chi connectivity index (χ3v) is 4.13. The number of nitrogens with zero attached hydrogens (tertiary/aromatic N) is 6. The second-order valence-electron chi connectivity index (χ2n) is 5.79. The van der Waals surface area contributed by atoms with Crippen LogP contribution in [0.4, 0.5) is 19.0 Å². The Morgan fingerprint density at radius 2 is 2.17 bits per heavy atom. The van der Waals surface area contributed by atoms with Gasteiger partial charge in [-0.2, -0.15) is 18.4 Å². The number of pyridine rings is 1. The largest absolute Gasteiger partial charge is 0.393 e. The van der Waals surface area contributed by atoms with E-state index in [1.165, 1.54) is 6.20 Å². The second kappa shape index (κ2) is 6.11. The molecule has 1 atom stereocenters. The molecule has 2 aromatic rings. The highest BCUT2D eigenvalue weighted by Crippen LogP contribution is 2.34. The van der Waals surface area contributed by atoms with E-state index in [1.807, 2.05) is 6.07 Å². The molecule has 9 heteroatoms. The van der Waals surface area contributed by atoms with Gasteiger partial charge in [-0.1, -0.05) is 0 Å². The SMILES string of the molecule is CN(Cc1nnc2n1CC(C(F)(F)F)CC2)c1ccc(C#N)cn1. The van der Waals surface area contributed by atoms with Gasteiger partial charge in [-0.25, -0.2) is 4.98 Å². The first kappa shape index (κ1) is 16.2. The van der Waals surface area contributed by atoms with Crippen LogP contribution in [0.15, 0.2) is 18.3 Å². The molecule has 0 saturated carbocycles. The predicted molar refractivity (Wildman–Crippen MR) is 78.9 cm³/mol. The minimum absolute atomic E-state index is 0.0502. The van der Waals surface area contributed by atoms with Crippen molar-refractivity contribution in [3.63, 3.8) is 0 Å². The summed E-state index contributed by atoms with van der Waals surface area (Å²) in [4.78, 5) is 5.92. The molecule has 2 aromatic heterocycles. The first-order valence-corrected chi connectivity index (χ1v) is 7.43. The Morgan fingerprint density at radius 3 is 2.79 bits per heavy atom. The summed E-state index contributed by atoms with van der Waals surface area (Å²) in [6, 6.07) is 5.31. The molecule has 0 radical (unpaired) electrons. The topological polar surface area (TPSA) is 70.6 Å². The number of halogens is 3. The van der Waals surface area contributed by atoms with Gasteiger partial charge in [0, 0.05) is 26.2 Å². The molecule has 0 saturated heterocycles. The van der Waals surface area contributed by atoms with Gasteiger partial charge in [-0.15, -0.1) is 10.2 Å². The molecule has 0 bridgehead atoms. The van der Waals surface area contributed by atoms with Crippen LogP contribution >= 0.6 is 0 Å². The Kier molecular flexibility index (Phi) is 4.13. The fourth-order valence-corrected chi connectivity index (χ4v) is 2.74. The Hall–Kier alpha value is -2.63. The van der Waals surface area contributed by atoms with Gasteiger partial charge >= 0.3 is 6.18 Å². The van der Waals surface area contributed by atoms with Gasteiger partial charge in [-0.05, 0) is 18.6 Å². The van der Waals surface area contributed by atoms with Crippen molar-refractivity contribution >= 4 is 5.82 Å². The zero-order chi connectivity index (χ0) is 17.3. The minimum Gasteiger partial charge on any atom is -0.352 e. The van der Waals surface area contributed by atoms with Gasteiger partial charge in [0.1, 0.15) is 17.7 Å². The van der Waals surface area contributed by atoms with Crippen molar-refractivity contribution in [3.05, 3.63) is 35.5 Å². The van der Waals surface area contributed by atoms with Gasteiger partial charge < -0.3 is 9.47 Å². The Morgan fingerprint density at radius 1 is 1.38 bits per heavy atom. The molecular formula is C15H15F3N6.